The van der Waals surface area contributed by atoms with E-state index in [4.69, 9.17) is 0 Å². The van der Waals surface area contributed by atoms with Gasteiger partial charge in [0.1, 0.15) is 16.7 Å². The molecule has 2 heterocycles. The number of hydrogen-bond donors (Lipinski definition) is 1. The lowest BCUT2D eigenvalue weighted by Gasteiger charge is -2.42. The second-order valence-electron chi connectivity index (χ2n) is 5.74. The first-order chi connectivity index (χ1) is 12.4. The minimum absolute atomic E-state index is 0.0152. The Morgan fingerprint density at radius 2 is 1.73 bits per heavy atom. The van der Waals surface area contributed by atoms with Crippen molar-refractivity contribution in [2.45, 2.75) is 16.6 Å². The highest BCUT2D eigenvalue weighted by Gasteiger charge is 2.64. The molecule has 0 saturated heterocycles. The fraction of sp³-hybridized carbons (Fsp3) is 0.111. The van der Waals surface area contributed by atoms with Crippen molar-refractivity contribution in [3.63, 3.8) is 0 Å². The van der Waals surface area contributed by atoms with Crippen molar-refractivity contribution in [2.24, 2.45) is 0 Å². The van der Waals surface area contributed by atoms with Gasteiger partial charge in [-0.1, -0.05) is 54.2 Å². The van der Waals surface area contributed by atoms with Crippen LogP contribution in [0, 0.1) is 11.3 Å². The molecule has 2 aliphatic rings. The van der Waals surface area contributed by atoms with Crippen molar-refractivity contribution in [3.8, 4) is 6.07 Å². The molecule has 0 aromatic heterocycles. The molecule has 2 amide bonds. The summed E-state index contributed by atoms with van der Waals surface area (Å²) in [6.45, 7) is 0. The van der Waals surface area contributed by atoms with Gasteiger partial charge in [0.25, 0.3) is 0 Å². The summed E-state index contributed by atoms with van der Waals surface area (Å²) in [5.41, 5.74) is -3.18. The summed E-state index contributed by atoms with van der Waals surface area (Å²) < 4.78 is 42.8. The second-order valence-corrected chi connectivity index (χ2v) is 6.77. The van der Waals surface area contributed by atoms with Crippen molar-refractivity contribution in [3.05, 3.63) is 70.8 Å². The monoisotopic (exact) mass is 373 g/mol. The third kappa shape index (κ3) is 2.07. The van der Waals surface area contributed by atoms with Crippen LogP contribution in [0.15, 0.2) is 70.1 Å². The number of anilines is 1. The van der Waals surface area contributed by atoms with Crippen molar-refractivity contribution < 1.29 is 18.0 Å². The molecule has 2 aromatic rings. The van der Waals surface area contributed by atoms with Crippen LogP contribution in [0.25, 0.3) is 0 Å². The Morgan fingerprint density at radius 1 is 1.08 bits per heavy atom. The molecule has 0 aliphatic carbocycles. The molecule has 0 spiro atoms. The van der Waals surface area contributed by atoms with Gasteiger partial charge in [-0.2, -0.15) is 18.4 Å². The maximum absolute atomic E-state index is 14.3. The molecule has 0 bridgehead atoms. The predicted octanol–water partition coefficient (Wildman–Crippen LogP) is 4.51. The Morgan fingerprint density at radius 3 is 2.38 bits per heavy atom. The Hall–Kier alpha value is -2.92. The van der Waals surface area contributed by atoms with Gasteiger partial charge in [-0.25, -0.2) is 4.79 Å². The summed E-state index contributed by atoms with van der Waals surface area (Å²) in [6.07, 6.45) is -4.90. The molecule has 0 fully saturated rings. The van der Waals surface area contributed by atoms with Crippen molar-refractivity contribution >= 4 is 23.5 Å². The fourth-order valence-corrected chi connectivity index (χ4v) is 4.40. The molecule has 26 heavy (non-hydrogen) atoms. The molecule has 2 aromatic carbocycles. The van der Waals surface area contributed by atoms with Crippen molar-refractivity contribution in [1.82, 2.24) is 5.32 Å². The lowest BCUT2D eigenvalue weighted by atomic mass is 9.81. The maximum atomic E-state index is 14.3. The van der Waals surface area contributed by atoms with Crippen LogP contribution >= 0.6 is 11.8 Å². The number of para-hydroxylation sites is 1. The molecule has 1 N–H and O–H groups in total. The van der Waals surface area contributed by atoms with E-state index < -0.39 is 23.3 Å². The van der Waals surface area contributed by atoms with Crippen LogP contribution in [0.1, 0.15) is 5.56 Å². The van der Waals surface area contributed by atoms with Crippen LogP contribution in [0.4, 0.5) is 23.7 Å². The first kappa shape index (κ1) is 16.5. The van der Waals surface area contributed by atoms with Gasteiger partial charge in [0.15, 0.2) is 0 Å². The lowest BCUT2D eigenvalue weighted by Crippen LogP contribution is -2.63. The molecular weight excluding hydrogens is 363 g/mol. The summed E-state index contributed by atoms with van der Waals surface area (Å²) in [5, 5.41) is 11.7. The van der Waals surface area contributed by atoms with Gasteiger partial charge < -0.3 is 5.32 Å². The Bertz CT molecular complexity index is 981. The zero-order chi connectivity index (χ0) is 18.5. The number of nitrogens with one attached hydrogen (secondary N) is 1. The summed E-state index contributed by atoms with van der Waals surface area (Å²) in [7, 11) is 0. The number of thioether (sulfide) groups is 1. The first-order valence-electron chi connectivity index (χ1n) is 7.56. The highest BCUT2D eigenvalue weighted by molar-refractivity contribution is 8.03. The summed E-state index contributed by atoms with van der Waals surface area (Å²) in [5.74, 6) is 0. The van der Waals surface area contributed by atoms with Gasteiger partial charge in [-0.15, -0.1) is 0 Å². The molecule has 130 valence electrons. The van der Waals surface area contributed by atoms with Crippen LogP contribution < -0.4 is 10.2 Å². The van der Waals surface area contributed by atoms with E-state index >= 15 is 0 Å². The van der Waals surface area contributed by atoms with E-state index in [1.807, 2.05) is 0 Å². The maximum Gasteiger partial charge on any atom is 0.420 e. The van der Waals surface area contributed by atoms with E-state index in [0.29, 0.717) is 10.6 Å². The van der Waals surface area contributed by atoms with Crippen molar-refractivity contribution in [1.29, 1.82) is 5.26 Å². The van der Waals surface area contributed by atoms with Crippen LogP contribution in [0.5, 0.6) is 0 Å². The van der Waals surface area contributed by atoms with E-state index in [0.717, 1.165) is 16.7 Å². The number of nitriles is 1. The van der Waals surface area contributed by atoms with Gasteiger partial charge in [0.2, 0.25) is 5.54 Å². The number of alkyl halides is 3. The Kier molecular flexibility index (Phi) is 3.53. The molecule has 4 rings (SSSR count). The van der Waals surface area contributed by atoms with E-state index in [-0.39, 0.29) is 10.6 Å². The zero-order valence-corrected chi connectivity index (χ0v) is 13.9. The summed E-state index contributed by atoms with van der Waals surface area (Å²) in [4.78, 5) is 14.4. The predicted molar refractivity (Wildman–Crippen MR) is 90.1 cm³/mol. The summed E-state index contributed by atoms with van der Waals surface area (Å²) >= 11 is 0.992. The third-order valence-corrected chi connectivity index (χ3v) is 5.49. The van der Waals surface area contributed by atoms with Gasteiger partial charge >= 0.3 is 12.2 Å². The minimum atomic E-state index is -4.90. The molecule has 0 saturated carbocycles. The summed E-state index contributed by atoms with van der Waals surface area (Å²) in [6, 6.07) is 14.5. The largest absolute Gasteiger partial charge is 0.420 e. The highest BCUT2D eigenvalue weighted by atomic mass is 32.2. The highest BCUT2D eigenvalue weighted by Crippen LogP contribution is 2.55. The van der Waals surface area contributed by atoms with Gasteiger partial charge in [-0.3, -0.25) is 4.90 Å². The van der Waals surface area contributed by atoms with Crippen LogP contribution in [0.2, 0.25) is 0 Å². The smallest absolute Gasteiger partial charge is 0.315 e. The molecule has 2 aliphatic heterocycles. The van der Waals surface area contributed by atoms with E-state index in [1.165, 1.54) is 24.3 Å². The van der Waals surface area contributed by atoms with Crippen molar-refractivity contribution in [2.75, 3.05) is 4.90 Å². The topological polar surface area (TPSA) is 56.1 Å². The van der Waals surface area contributed by atoms with Gasteiger partial charge in [0.05, 0.1) is 5.69 Å². The Labute approximate surface area is 150 Å². The number of fused-ring (bicyclic) bond motifs is 3. The number of nitrogens with zero attached hydrogens (tertiary/aromatic N) is 2. The number of urea groups is 1. The van der Waals surface area contributed by atoms with Crippen LogP contribution in [-0.4, -0.2) is 12.2 Å². The third-order valence-electron chi connectivity index (χ3n) is 4.35. The standard InChI is InChI=1S/C18H10F3N3OS/c19-18(20,21)17(11-6-2-1-3-7-11)12(10-22)15-24(16(25)23-17)13-8-4-5-9-14(13)26-15/h1-9H,(H,23,25). The number of halogens is 3. The van der Waals surface area contributed by atoms with E-state index in [2.05, 4.69) is 5.32 Å². The van der Waals surface area contributed by atoms with Gasteiger partial charge in [0, 0.05) is 4.90 Å². The molecule has 0 radical (unpaired) electrons. The number of benzene rings is 2. The average Bonchev–Trinajstić information content (AvgIpc) is 3.01. The number of rotatable bonds is 1. The van der Waals surface area contributed by atoms with E-state index in [9.17, 15) is 23.2 Å². The number of carbonyl (C=O) groups excluding carboxylic acids is 1. The van der Waals surface area contributed by atoms with Gasteiger partial charge in [-0.05, 0) is 17.7 Å². The normalized spacial score (nSPS) is 21.8. The lowest BCUT2D eigenvalue weighted by molar-refractivity contribution is -0.184. The average molecular weight is 373 g/mol. The molecule has 1 atom stereocenters. The Balaban J connectivity index is 2.04. The molecule has 1 unspecified atom stereocenters. The molecule has 8 heteroatoms. The van der Waals surface area contributed by atoms with E-state index in [1.54, 1.807) is 36.4 Å². The SMILES string of the molecule is N#CC1=C2Sc3ccccc3N2C(=O)NC1(c1ccccc1)C(F)(F)F. The first-order valence-corrected chi connectivity index (χ1v) is 8.38. The zero-order valence-electron chi connectivity index (χ0n) is 13.0. The fourth-order valence-electron chi connectivity index (χ4n) is 3.20. The van der Waals surface area contributed by atoms with Crippen LogP contribution in [0.3, 0.4) is 0 Å². The number of amides is 2. The quantitative estimate of drug-likeness (QED) is 0.800. The second kappa shape index (κ2) is 5.54. The minimum Gasteiger partial charge on any atom is -0.315 e. The molecular formula is C18H10F3N3OS. The number of hydrogen-bond acceptors (Lipinski definition) is 3. The van der Waals surface area contributed by atoms with Crippen LogP contribution in [-0.2, 0) is 5.54 Å². The number of carbonyl (C=O) groups is 1. The molecule has 4 nitrogen and oxygen atoms in total.